The molecular formula is C19H20N8S. The van der Waals surface area contributed by atoms with Crippen LogP contribution in [0.3, 0.4) is 0 Å². The number of nitrogens with zero attached hydrogens (tertiary/aromatic N) is 6. The molecule has 0 saturated carbocycles. The quantitative estimate of drug-likeness (QED) is 0.479. The molecule has 0 amide bonds. The summed E-state index contributed by atoms with van der Waals surface area (Å²) in [6.45, 7) is 5.68. The summed E-state index contributed by atoms with van der Waals surface area (Å²) >= 11 is 1.37. The van der Waals surface area contributed by atoms with Gasteiger partial charge in [-0.2, -0.15) is 20.2 Å². The number of hydrogen-bond donors (Lipinski definition) is 2. The van der Waals surface area contributed by atoms with Crippen LogP contribution in [0.2, 0.25) is 0 Å². The maximum Gasteiger partial charge on any atom is 0.232 e. The maximum atomic E-state index is 9.37. The summed E-state index contributed by atoms with van der Waals surface area (Å²) in [4.78, 5) is 21.4. The summed E-state index contributed by atoms with van der Waals surface area (Å²) in [5.74, 6) is 2.05. The van der Waals surface area contributed by atoms with E-state index in [0.717, 1.165) is 17.7 Å². The van der Waals surface area contributed by atoms with Crippen LogP contribution in [0.25, 0.3) is 0 Å². The van der Waals surface area contributed by atoms with E-state index in [4.69, 9.17) is 5.73 Å². The predicted octanol–water partition coefficient (Wildman–Crippen LogP) is 3.33. The molecular weight excluding hydrogens is 372 g/mol. The maximum absolute atomic E-state index is 9.37. The number of thioether (sulfide) groups is 1. The number of rotatable bonds is 6. The summed E-state index contributed by atoms with van der Waals surface area (Å²) in [7, 11) is 0. The van der Waals surface area contributed by atoms with Crippen molar-refractivity contribution in [3.63, 3.8) is 0 Å². The average molecular weight is 392 g/mol. The first kappa shape index (κ1) is 19.5. The first-order valence-corrected chi connectivity index (χ1v) is 9.72. The van der Waals surface area contributed by atoms with E-state index in [1.54, 1.807) is 13.8 Å². The molecule has 3 N–H and O–H groups in total. The Morgan fingerprint density at radius 2 is 1.89 bits per heavy atom. The molecule has 0 saturated heterocycles. The van der Waals surface area contributed by atoms with E-state index in [-0.39, 0.29) is 5.95 Å². The Morgan fingerprint density at radius 1 is 1.11 bits per heavy atom. The van der Waals surface area contributed by atoms with Crippen molar-refractivity contribution in [3.8, 4) is 6.07 Å². The van der Waals surface area contributed by atoms with Gasteiger partial charge in [-0.15, -0.1) is 0 Å². The van der Waals surface area contributed by atoms with E-state index >= 15 is 0 Å². The third-order valence-electron chi connectivity index (χ3n) is 3.96. The highest BCUT2D eigenvalue weighted by Gasteiger charge is 2.13. The molecule has 0 bridgehead atoms. The number of nitrogen functional groups attached to an aromatic ring is 1. The summed E-state index contributed by atoms with van der Waals surface area (Å²) < 4.78 is 0. The Balaban J connectivity index is 1.82. The first-order chi connectivity index (χ1) is 13.5. The molecule has 2 aromatic heterocycles. The summed E-state index contributed by atoms with van der Waals surface area (Å²) in [6, 6.07) is 10.1. The second kappa shape index (κ2) is 8.63. The minimum atomic E-state index is 0.137. The topological polar surface area (TPSA) is 126 Å². The highest BCUT2D eigenvalue weighted by molar-refractivity contribution is 7.98. The zero-order valence-electron chi connectivity index (χ0n) is 15.9. The SMILES string of the molecule is CCc1ccccc1Nc1nc(N)nc(CSc2nc(C)nc(C)c2C#N)n1. The van der Waals surface area contributed by atoms with E-state index in [2.05, 4.69) is 43.2 Å². The van der Waals surface area contributed by atoms with Crippen LogP contribution in [-0.2, 0) is 12.2 Å². The van der Waals surface area contributed by atoms with Crippen LogP contribution in [0.15, 0.2) is 29.3 Å². The third-order valence-corrected chi connectivity index (χ3v) is 4.93. The number of aromatic nitrogens is 5. The summed E-state index contributed by atoms with van der Waals surface area (Å²) in [5.41, 5.74) is 9.08. The van der Waals surface area contributed by atoms with Crippen molar-refractivity contribution in [3.05, 3.63) is 52.7 Å². The lowest BCUT2D eigenvalue weighted by Gasteiger charge is -2.11. The van der Waals surface area contributed by atoms with E-state index in [1.165, 1.54) is 11.8 Å². The third kappa shape index (κ3) is 4.53. The number of para-hydroxylation sites is 1. The fraction of sp³-hybridized carbons (Fsp3) is 0.263. The van der Waals surface area contributed by atoms with Crippen molar-refractivity contribution in [1.82, 2.24) is 24.9 Å². The lowest BCUT2D eigenvalue weighted by molar-refractivity contribution is 0.919. The fourth-order valence-electron chi connectivity index (χ4n) is 2.68. The molecule has 142 valence electrons. The van der Waals surface area contributed by atoms with Crippen LogP contribution in [0, 0.1) is 25.2 Å². The first-order valence-electron chi connectivity index (χ1n) is 8.73. The van der Waals surface area contributed by atoms with Gasteiger partial charge in [0.25, 0.3) is 0 Å². The van der Waals surface area contributed by atoms with Gasteiger partial charge in [-0.05, 0) is 31.9 Å². The van der Waals surface area contributed by atoms with Gasteiger partial charge in [0.1, 0.15) is 28.3 Å². The molecule has 0 aliphatic carbocycles. The molecule has 0 aliphatic rings. The fourth-order valence-corrected chi connectivity index (χ4v) is 3.61. The average Bonchev–Trinajstić information content (AvgIpc) is 2.66. The van der Waals surface area contributed by atoms with Crippen LogP contribution < -0.4 is 11.1 Å². The van der Waals surface area contributed by atoms with Gasteiger partial charge in [0.2, 0.25) is 11.9 Å². The molecule has 0 unspecified atom stereocenters. The van der Waals surface area contributed by atoms with Crippen LogP contribution in [0.5, 0.6) is 0 Å². The zero-order chi connectivity index (χ0) is 20.1. The Bertz CT molecular complexity index is 1040. The molecule has 2 heterocycles. The van der Waals surface area contributed by atoms with Gasteiger partial charge in [-0.25, -0.2) is 9.97 Å². The number of nitrogens with two attached hydrogens (primary N) is 1. The van der Waals surface area contributed by atoms with Crippen LogP contribution >= 0.6 is 11.8 Å². The van der Waals surface area contributed by atoms with Crippen molar-refractivity contribution in [2.75, 3.05) is 11.1 Å². The van der Waals surface area contributed by atoms with E-state index in [1.807, 2.05) is 24.3 Å². The zero-order valence-corrected chi connectivity index (χ0v) is 16.7. The number of aryl methyl sites for hydroxylation is 3. The minimum absolute atomic E-state index is 0.137. The van der Waals surface area contributed by atoms with Gasteiger partial charge in [0.15, 0.2) is 0 Å². The summed E-state index contributed by atoms with van der Waals surface area (Å²) in [6.07, 6.45) is 0.885. The van der Waals surface area contributed by atoms with Gasteiger partial charge in [-0.3, -0.25) is 0 Å². The standard InChI is InChI=1S/C19H20N8S/c1-4-13-7-5-6-8-15(13)24-19-26-16(25-18(21)27-19)10-28-17-14(9-20)11(2)22-12(3)23-17/h5-8H,4,10H2,1-3H3,(H3,21,24,25,26,27). The summed E-state index contributed by atoms with van der Waals surface area (Å²) in [5, 5.41) is 13.2. The predicted molar refractivity (Wildman–Crippen MR) is 109 cm³/mol. The Morgan fingerprint density at radius 3 is 2.64 bits per heavy atom. The van der Waals surface area contributed by atoms with Crippen molar-refractivity contribution in [2.45, 2.75) is 38.0 Å². The smallest absolute Gasteiger partial charge is 0.232 e. The molecule has 3 rings (SSSR count). The van der Waals surface area contributed by atoms with Crippen molar-refractivity contribution in [1.29, 1.82) is 5.26 Å². The van der Waals surface area contributed by atoms with Crippen molar-refractivity contribution in [2.24, 2.45) is 0 Å². The molecule has 0 atom stereocenters. The lowest BCUT2D eigenvalue weighted by Crippen LogP contribution is -2.07. The number of hydrogen-bond acceptors (Lipinski definition) is 9. The lowest BCUT2D eigenvalue weighted by atomic mass is 10.1. The molecule has 0 spiro atoms. The highest BCUT2D eigenvalue weighted by Crippen LogP contribution is 2.25. The highest BCUT2D eigenvalue weighted by atomic mass is 32.2. The second-order valence-electron chi connectivity index (χ2n) is 6.01. The Labute approximate surface area is 167 Å². The largest absolute Gasteiger partial charge is 0.368 e. The minimum Gasteiger partial charge on any atom is -0.368 e. The van der Waals surface area contributed by atoms with Gasteiger partial charge in [-0.1, -0.05) is 36.9 Å². The van der Waals surface area contributed by atoms with Gasteiger partial charge in [0.05, 0.1) is 11.4 Å². The number of nitriles is 1. The normalized spacial score (nSPS) is 10.5. The van der Waals surface area contributed by atoms with Gasteiger partial charge in [0, 0.05) is 5.69 Å². The number of anilines is 3. The molecule has 3 aromatic rings. The molecule has 0 fully saturated rings. The van der Waals surface area contributed by atoms with Gasteiger partial charge < -0.3 is 11.1 Å². The van der Waals surface area contributed by atoms with Crippen molar-refractivity contribution < 1.29 is 0 Å². The number of nitrogens with one attached hydrogen (secondary N) is 1. The molecule has 8 nitrogen and oxygen atoms in total. The van der Waals surface area contributed by atoms with Crippen molar-refractivity contribution >= 4 is 29.3 Å². The molecule has 0 radical (unpaired) electrons. The molecule has 1 aromatic carbocycles. The van der Waals surface area contributed by atoms with E-state index in [9.17, 15) is 5.26 Å². The monoisotopic (exact) mass is 392 g/mol. The number of benzene rings is 1. The Kier molecular flexibility index (Phi) is 6.01. The van der Waals surface area contributed by atoms with Crippen LogP contribution in [0.1, 0.15) is 35.4 Å². The van der Waals surface area contributed by atoms with Crippen LogP contribution in [-0.4, -0.2) is 24.9 Å². The Hall–Kier alpha value is -3.25. The molecule has 9 heteroatoms. The van der Waals surface area contributed by atoms with Gasteiger partial charge >= 0.3 is 0 Å². The molecule has 0 aliphatic heterocycles. The van der Waals surface area contributed by atoms with E-state index < -0.39 is 0 Å². The molecule has 28 heavy (non-hydrogen) atoms. The van der Waals surface area contributed by atoms with Crippen LogP contribution in [0.4, 0.5) is 17.6 Å². The second-order valence-corrected chi connectivity index (χ2v) is 6.97. The van der Waals surface area contributed by atoms with E-state index in [0.29, 0.717) is 39.6 Å².